The Morgan fingerprint density at radius 2 is 1.77 bits per heavy atom. The van der Waals surface area contributed by atoms with E-state index in [9.17, 15) is 8.78 Å². The minimum Gasteiger partial charge on any atom is -0.497 e. The summed E-state index contributed by atoms with van der Waals surface area (Å²) in [7, 11) is 1.63. The molecule has 0 saturated carbocycles. The van der Waals surface area contributed by atoms with E-state index in [4.69, 9.17) is 4.74 Å². The van der Waals surface area contributed by atoms with Crippen molar-refractivity contribution >= 4 is 0 Å². The van der Waals surface area contributed by atoms with Gasteiger partial charge in [-0.05, 0) is 48.5 Å². The van der Waals surface area contributed by atoms with Crippen LogP contribution in [-0.2, 0) is 6.54 Å². The highest BCUT2D eigenvalue weighted by atomic mass is 19.2. The summed E-state index contributed by atoms with van der Waals surface area (Å²) in [6.07, 6.45) is 3.67. The minimum atomic E-state index is -0.950. The van der Waals surface area contributed by atoms with Crippen LogP contribution in [0.3, 0.4) is 0 Å². The van der Waals surface area contributed by atoms with E-state index in [1.807, 2.05) is 47.3 Å². The van der Waals surface area contributed by atoms with Crippen LogP contribution in [0.4, 0.5) is 8.78 Å². The number of ether oxygens (including phenoxy) is 1. The van der Waals surface area contributed by atoms with Crippen LogP contribution < -0.4 is 4.74 Å². The summed E-state index contributed by atoms with van der Waals surface area (Å²) in [5.41, 5.74) is 3.96. The van der Waals surface area contributed by atoms with Crippen LogP contribution in [0.25, 0.3) is 34.0 Å². The second-order valence-electron chi connectivity index (χ2n) is 7.04. The van der Waals surface area contributed by atoms with Crippen molar-refractivity contribution in [2.45, 2.75) is 6.54 Å². The van der Waals surface area contributed by atoms with Crippen molar-refractivity contribution in [3.8, 4) is 39.8 Å². The van der Waals surface area contributed by atoms with Crippen molar-refractivity contribution in [1.82, 2.24) is 24.7 Å². The highest BCUT2D eigenvalue weighted by Crippen LogP contribution is 2.28. The third-order valence-electron chi connectivity index (χ3n) is 4.99. The number of benzene rings is 2. The van der Waals surface area contributed by atoms with Gasteiger partial charge in [-0.3, -0.25) is 5.10 Å². The summed E-state index contributed by atoms with van der Waals surface area (Å²) in [6, 6.07) is 15.4. The lowest BCUT2D eigenvalue weighted by atomic mass is 10.1. The predicted molar refractivity (Wildman–Crippen MR) is 112 cm³/mol. The molecule has 6 nitrogen and oxygen atoms in total. The Balaban J connectivity index is 1.39. The standard InChI is InChI=1S/C23H17F2N5O/c1-31-16-7-5-14(6-8-16)20-11-15(28-29-20)12-30-10-9-19-21(13-30)27-23(26-19)17-3-2-4-18(24)22(17)25/h2-11,13H,12H2,1H3,(H,28,29). The topological polar surface area (TPSA) is 68.6 Å². The normalized spacial score (nSPS) is 11.2. The van der Waals surface area contributed by atoms with E-state index in [0.717, 1.165) is 28.8 Å². The van der Waals surface area contributed by atoms with Crippen LogP contribution in [0.2, 0.25) is 0 Å². The second-order valence-corrected chi connectivity index (χ2v) is 7.04. The second kappa shape index (κ2) is 7.64. The third kappa shape index (κ3) is 3.63. The fourth-order valence-corrected chi connectivity index (χ4v) is 3.40. The highest BCUT2D eigenvalue weighted by Gasteiger charge is 2.17. The zero-order valence-corrected chi connectivity index (χ0v) is 16.5. The first kappa shape index (κ1) is 18.9. The molecule has 2 aromatic carbocycles. The molecule has 2 aliphatic heterocycles. The van der Waals surface area contributed by atoms with Gasteiger partial charge < -0.3 is 9.30 Å². The molecular formula is C23H17F2N5O. The molecule has 31 heavy (non-hydrogen) atoms. The van der Waals surface area contributed by atoms with Gasteiger partial charge in [0.2, 0.25) is 0 Å². The van der Waals surface area contributed by atoms with E-state index < -0.39 is 11.6 Å². The van der Waals surface area contributed by atoms with E-state index in [1.54, 1.807) is 13.2 Å². The van der Waals surface area contributed by atoms with Gasteiger partial charge in [-0.1, -0.05) is 6.07 Å². The van der Waals surface area contributed by atoms with Crippen LogP contribution in [0.15, 0.2) is 67.0 Å². The number of hydrogen-bond acceptors (Lipinski definition) is 4. The van der Waals surface area contributed by atoms with Gasteiger partial charge in [0.05, 0.1) is 36.3 Å². The zero-order valence-electron chi connectivity index (χ0n) is 16.5. The zero-order chi connectivity index (χ0) is 21.4. The number of aromatic nitrogens is 5. The Bertz CT molecular complexity index is 1330. The number of pyridine rings is 1. The monoisotopic (exact) mass is 417 g/mol. The van der Waals surface area contributed by atoms with Crippen molar-refractivity contribution < 1.29 is 13.5 Å². The van der Waals surface area contributed by atoms with Crippen LogP contribution in [0, 0.1) is 11.6 Å². The Kier molecular flexibility index (Phi) is 4.66. The summed E-state index contributed by atoms with van der Waals surface area (Å²) in [6.45, 7) is 0.537. The molecule has 2 aliphatic rings. The van der Waals surface area contributed by atoms with Gasteiger partial charge in [0.25, 0.3) is 0 Å². The molecule has 0 spiro atoms. The number of halogens is 2. The molecule has 1 N–H and O–H groups in total. The smallest absolute Gasteiger partial charge is 0.169 e. The van der Waals surface area contributed by atoms with E-state index in [2.05, 4.69) is 20.2 Å². The van der Waals surface area contributed by atoms with Crippen LogP contribution in [0.1, 0.15) is 5.69 Å². The summed E-state index contributed by atoms with van der Waals surface area (Å²) in [5.74, 6) is -0.924. The van der Waals surface area contributed by atoms with E-state index in [-0.39, 0.29) is 11.4 Å². The molecule has 0 bridgehead atoms. The molecule has 0 unspecified atom stereocenters. The number of aromatic amines is 1. The van der Waals surface area contributed by atoms with Gasteiger partial charge in [0.1, 0.15) is 11.4 Å². The number of H-pyrrole nitrogens is 1. The SMILES string of the molecule is COc1ccc(-c2cc(Cn3ccc4nc(-c5cccc(F)c5F)nc-4c3)[nH]n2)cc1. The molecule has 154 valence electrons. The Morgan fingerprint density at radius 3 is 2.58 bits per heavy atom. The molecule has 0 radical (unpaired) electrons. The van der Waals surface area contributed by atoms with Gasteiger partial charge in [0.15, 0.2) is 17.5 Å². The quantitative estimate of drug-likeness (QED) is 0.447. The molecule has 8 heteroatoms. The number of methoxy groups -OCH3 is 1. The summed E-state index contributed by atoms with van der Waals surface area (Å²) < 4.78 is 34.7. The maximum atomic E-state index is 14.1. The molecule has 0 atom stereocenters. The van der Waals surface area contributed by atoms with Crippen molar-refractivity contribution in [2.75, 3.05) is 7.11 Å². The maximum absolute atomic E-state index is 14.1. The number of hydrogen-bond donors (Lipinski definition) is 1. The van der Waals surface area contributed by atoms with Crippen molar-refractivity contribution in [3.05, 3.63) is 84.3 Å². The lowest BCUT2D eigenvalue weighted by Gasteiger charge is -2.05. The van der Waals surface area contributed by atoms with E-state index in [0.29, 0.717) is 17.9 Å². The average Bonchev–Trinajstić information content (AvgIpc) is 3.42. The fraction of sp³-hybridized carbons (Fsp3) is 0.0870. The van der Waals surface area contributed by atoms with E-state index >= 15 is 0 Å². The molecule has 3 aromatic rings. The first-order chi connectivity index (χ1) is 15.1. The fourth-order valence-electron chi connectivity index (χ4n) is 3.40. The molecule has 0 saturated heterocycles. The first-order valence-corrected chi connectivity index (χ1v) is 9.57. The van der Waals surface area contributed by atoms with Crippen LogP contribution in [0.5, 0.6) is 5.75 Å². The summed E-state index contributed by atoms with van der Waals surface area (Å²) in [4.78, 5) is 8.71. The summed E-state index contributed by atoms with van der Waals surface area (Å²) in [5, 5.41) is 7.42. The van der Waals surface area contributed by atoms with Gasteiger partial charge in [-0.25, -0.2) is 18.7 Å². The molecule has 0 aliphatic carbocycles. The predicted octanol–water partition coefficient (Wildman–Crippen LogP) is 4.78. The van der Waals surface area contributed by atoms with Gasteiger partial charge in [-0.15, -0.1) is 0 Å². The van der Waals surface area contributed by atoms with Crippen molar-refractivity contribution in [3.63, 3.8) is 0 Å². The molecule has 3 heterocycles. The van der Waals surface area contributed by atoms with Crippen LogP contribution >= 0.6 is 0 Å². The Labute approximate surface area is 176 Å². The summed E-state index contributed by atoms with van der Waals surface area (Å²) >= 11 is 0. The van der Waals surface area contributed by atoms with Gasteiger partial charge in [-0.2, -0.15) is 5.10 Å². The Hall–Kier alpha value is -4.07. The van der Waals surface area contributed by atoms with Crippen molar-refractivity contribution in [1.29, 1.82) is 0 Å². The minimum absolute atomic E-state index is 0.0421. The van der Waals surface area contributed by atoms with Crippen molar-refractivity contribution in [2.24, 2.45) is 0 Å². The van der Waals surface area contributed by atoms with Gasteiger partial charge in [0, 0.05) is 18.0 Å². The van der Waals surface area contributed by atoms with Crippen LogP contribution in [-0.4, -0.2) is 31.8 Å². The number of imidazole rings is 1. The highest BCUT2D eigenvalue weighted by molar-refractivity contribution is 5.66. The number of nitrogens with zero attached hydrogens (tertiary/aromatic N) is 4. The number of rotatable bonds is 5. The maximum Gasteiger partial charge on any atom is 0.169 e. The first-order valence-electron chi connectivity index (χ1n) is 9.57. The molecule has 5 rings (SSSR count). The number of fused-ring (bicyclic) bond motifs is 1. The molecule has 1 aromatic heterocycles. The molecular weight excluding hydrogens is 400 g/mol. The largest absolute Gasteiger partial charge is 0.497 e. The molecule has 0 fully saturated rings. The Morgan fingerprint density at radius 1 is 0.968 bits per heavy atom. The lowest BCUT2D eigenvalue weighted by Crippen LogP contribution is -2.01. The lowest BCUT2D eigenvalue weighted by molar-refractivity contribution is 0.415. The average molecular weight is 417 g/mol. The van der Waals surface area contributed by atoms with E-state index in [1.165, 1.54) is 12.1 Å². The third-order valence-corrected chi connectivity index (χ3v) is 4.99. The molecule has 0 amide bonds. The van der Waals surface area contributed by atoms with Gasteiger partial charge >= 0.3 is 0 Å². The number of nitrogens with one attached hydrogen (secondary N) is 1.